The van der Waals surface area contributed by atoms with E-state index < -0.39 is 5.97 Å². The summed E-state index contributed by atoms with van der Waals surface area (Å²) in [5.74, 6) is -0.186. The van der Waals surface area contributed by atoms with Crippen LogP contribution in [0.25, 0.3) is 16.6 Å². The lowest BCUT2D eigenvalue weighted by molar-refractivity contribution is -0.115. The maximum atomic E-state index is 13.3. The molecule has 0 radical (unpaired) electrons. The number of thioether (sulfide) groups is 1. The third-order valence-corrected chi connectivity index (χ3v) is 8.28. The minimum Gasteiger partial charge on any atom is -0.465 e. The van der Waals surface area contributed by atoms with E-state index >= 15 is 0 Å². The fourth-order valence-corrected chi connectivity index (χ4v) is 6.65. The van der Waals surface area contributed by atoms with Crippen LogP contribution in [-0.4, -0.2) is 34.3 Å². The molecule has 36 heavy (non-hydrogen) atoms. The summed E-state index contributed by atoms with van der Waals surface area (Å²) in [5.41, 5.74) is 2.70. The Balaban J connectivity index is 1.35. The second kappa shape index (κ2) is 10.7. The number of nitrogens with one attached hydrogen (secondary N) is 1. The summed E-state index contributed by atoms with van der Waals surface area (Å²) in [6.45, 7) is 0. The van der Waals surface area contributed by atoms with E-state index in [0.717, 1.165) is 41.8 Å². The number of thiophene rings is 1. The molecular formula is C27H25N3O4S2. The van der Waals surface area contributed by atoms with Crippen molar-refractivity contribution in [1.82, 2.24) is 9.55 Å². The second-order valence-corrected chi connectivity index (χ2v) is 10.6. The zero-order valence-electron chi connectivity index (χ0n) is 19.8. The van der Waals surface area contributed by atoms with Crippen molar-refractivity contribution in [3.05, 3.63) is 81.0 Å². The van der Waals surface area contributed by atoms with Crippen LogP contribution < -0.4 is 10.9 Å². The number of amides is 1. The molecule has 5 rings (SSSR count). The summed E-state index contributed by atoms with van der Waals surface area (Å²) in [4.78, 5) is 44.5. The van der Waals surface area contributed by atoms with E-state index in [1.807, 2.05) is 48.5 Å². The molecule has 0 atom stereocenters. The maximum absolute atomic E-state index is 13.3. The molecule has 9 heteroatoms. The van der Waals surface area contributed by atoms with Crippen LogP contribution in [0.15, 0.2) is 64.5 Å². The van der Waals surface area contributed by atoms with Gasteiger partial charge in [0.2, 0.25) is 5.91 Å². The van der Waals surface area contributed by atoms with Gasteiger partial charge in [-0.15, -0.1) is 11.3 Å². The van der Waals surface area contributed by atoms with Gasteiger partial charge < -0.3 is 10.1 Å². The van der Waals surface area contributed by atoms with Gasteiger partial charge in [-0.25, -0.2) is 9.78 Å². The number of benzene rings is 2. The molecule has 0 unspecified atom stereocenters. The van der Waals surface area contributed by atoms with Crippen molar-refractivity contribution in [2.24, 2.45) is 0 Å². The summed E-state index contributed by atoms with van der Waals surface area (Å²) in [6, 6.07) is 16.6. The summed E-state index contributed by atoms with van der Waals surface area (Å²) < 4.78 is 6.59. The first-order chi connectivity index (χ1) is 17.6. The van der Waals surface area contributed by atoms with Crippen LogP contribution in [0.1, 0.15) is 40.1 Å². The molecular weight excluding hydrogens is 494 g/mol. The fourth-order valence-electron chi connectivity index (χ4n) is 4.41. The Morgan fingerprint density at radius 2 is 1.83 bits per heavy atom. The molecule has 1 aliphatic carbocycles. The van der Waals surface area contributed by atoms with Crippen molar-refractivity contribution < 1.29 is 14.3 Å². The molecule has 0 bridgehead atoms. The lowest BCUT2D eigenvalue weighted by atomic mass is 9.95. The van der Waals surface area contributed by atoms with Crippen molar-refractivity contribution in [3.8, 4) is 5.69 Å². The first-order valence-corrected chi connectivity index (χ1v) is 13.6. The Hall–Kier alpha value is -3.43. The molecule has 0 fully saturated rings. The van der Waals surface area contributed by atoms with Gasteiger partial charge in [-0.1, -0.05) is 42.1 Å². The van der Waals surface area contributed by atoms with Crippen molar-refractivity contribution in [1.29, 1.82) is 0 Å². The number of ether oxygens (including phenoxy) is 1. The number of para-hydroxylation sites is 2. The van der Waals surface area contributed by atoms with Gasteiger partial charge in [0, 0.05) is 17.1 Å². The van der Waals surface area contributed by atoms with Gasteiger partial charge in [-0.05, 0) is 55.5 Å². The highest BCUT2D eigenvalue weighted by molar-refractivity contribution is 7.99. The number of nitrogens with zero attached hydrogens (tertiary/aromatic N) is 2. The van der Waals surface area contributed by atoms with E-state index in [-0.39, 0.29) is 17.9 Å². The van der Waals surface area contributed by atoms with Crippen molar-refractivity contribution >= 4 is 50.9 Å². The maximum Gasteiger partial charge on any atom is 0.341 e. The van der Waals surface area contributed by atoms with Crippen LogP contribution in [0, 0.1) is 0 Å². The number of fused-ring (bicyclic) bond motifs is 2. The summed E-state index contributed by atoms with van der Waals surface area (Å²) in [6.07, 6.45) is 4.05. The van der Waals surface area contributed by atoms with Crippen molar-refractivity contribution in [2.75, 3.05) is 18.2 Å². The smallest absolute Gasteiger partial charge is 0.341 e. The Labute approximate surface area is 216 Å². The second-order valence-electron chi connectivity index (χ2n) is 8.44. The highest BCUT2D eigenvalue weighted by atomic mass is 32.2. The molecule has 4 aromatic rings. The molecule has 0 saturated carbocycles. The number of rotatable bonds is 7. The summed E-state index contributed by atoms with van der Waals surface area (Å²) in [7, 11) is 1.36. The normalized spacial score (nSPS) is 12.8. The number of carbonyl (C=O) groups excluding carboxylic acids is 2. The minimum atomic E-state index is -0.411. The van der Waals surface area contributed by atoms with E-state index in [1.165, 1.54) is 30.2 Å². The van der Waals surface area contributed by atoms with E-state index in [4.69, 9.17) is 9.72 Å². The third kappa shape index (κ3) is 4.81. The van der Waals surface area contributed by atoms with Crippen molar-refractivity contribution in [3.63, 3.8) is 0 Å². The van der Waals surface area contributed by atoms with E-state index in [2.05, 4.69) is 5.32 Å². The molecule has 0 aliphatic heterocycles. The number of aromatic nitrogens is 2. The summed E-state index contributed by atoms with van der Waals surface area (Å²) >= 11 is 2.82. The van der Waals surface area contributed by atoms with Crippen LogP contribution >= 0.6 is 23.1 Å². The third-order valence-electron chi connectivity index (χ3n) is 6.13. The minimum absolute atomic E-state index is 0.148. The van der Waals surface area contributed by atoms with Crippen molar-refractivity contribution in [2.45, 2.75) is 37.3 Å². The molecule has 1 amide bonds. The Morgan fingerprint density at radius 3 is 2.64 bits per heavy atom. The first kappa shape index (κ1) is 24.3. The van der Waals surface area contributed by atoms with Crippen LogP contribution in [0.3, 0.4) is 0 Å². The van der Waals surface area contributed by atoms with Gasteiger partial charge in [0.1, 0.15) is 5.00 Å². The number of esters is 1. The van der Waals surface area contributed by atoms with E-state index in [9.17, 15) is 14.4 Å². The molecule has 2 heterocycles. The van der Waals surface area contributed by atoms with Crippen LogP contribution in [0.5, 0.6) is 0 Å². The molecule has 184 valence electrons. The number of hydrogen-bond acceptors (Lipinski definition) is 7. The summed E-state index contributed by atoms with van der Waals surface area (Å²) in [5, 5.41) is 4.57. The van der Waals surface area contributed by atoms with Gasteiger partial charge in [0.25, 0.3) is 5.56 Å². The predicted octanol–water partition coefficient (Wildman–Crippen LogP) is 5.23. The lowest BCUT2D eigenvalue weighted by Crippen LogP contribution is -2.22. The highest BCUT2D eigenvalue weighted by Crippen LogP contribution is 2.38. The zero-order valence-corrected chi connectivity index (χ0v) is 21.4. The van der Waals surface area contributed by atoms with Crippen LogP contribution in [-0.2, 0) is 22.4 Å². The van der Waals surface area contributed by atoms with Gasteiger partial charge in [-0.2, -0.15) is 0 Å². The number of methoxy groups -OCH3 is 1. The Kier molecular flexibility index (Phi) is 7.20. The predicted molar refractivity (Wildman–Crippen MR) is 144 cm³/mol. The van der Waals surface area contributed by atoms with E-state index in [0.29, 0.717) is 32.4 Å². The highest BCUT2D eigenvalue weighted by Gasteiger charge is 2.27. The van der Waals surface area contributed by atoms with Gasteiger partial charge >= 0.3 is 5.97 Å². The number of anilines is 1. The first-order valence-electron chi connectivity index (χ1n) is 11.8. The quantitative estimate of drug-likeness (QED) is 0.204. The fraction of sp³-hybridized carbons (Fsp3) is 0.259. The average Bonchev–Trinajstić information content (AvgIpc) is 3.26. The zero-order chi connectivity index (χ0) is 25.1. The topological polar surface area (TPSA) is 90.3 Å². The van der Waals surface area contributed by atoms with Gasteiger partial charge in [0.15, 0.2) is 5.16 Å². The van der Waals surface area contributed by atoms with Gasteiger partial charge in [-0.3, -0.25) is 14.2 Å². The molecule has 7 nitrogen and oxygen atoms in total. The molecule has 0 saturated heterocycles. The molecule has 2 aromatic heterocycles. The number of carbonyl (C=O) groups is 2. The monoisotopic (exact) mass is 519 g/mol. The molecule has 0 spiro atoms. The molecule has 1 aliphatic rings. The van der Waals surface area contributed by atoms with Crippen LogP contribution in [0.4, 0.5) is 5.00 Å². The Bertz CT molecular complexity index is 1490. The number of hydrogen-bond donors (Lipinski definition) is 1. The van der Waals surface area contributed by atoms with Crippen LogP contribution in [0.2, 0.25) is 0 Å². The Morgan fingerprint density at radius 1 is 1.08 bits per heavy atom. The largest absolute Gasteiger partial charge is 0.465 e. The van der Waals surface area contributed by atoms with Gasteiger partial charge in [0.05, 0.1) is 29.3 Å². The standard InChI is InChI=1S/C27H25N3O4S2/c1-34-26(33)23-19-12-6-8-14-21(19)36-24(23)29-22(31)15-16-35-27-28-20-13-7-5-11-18(20)25(32)30(27)17-9-3-2-4-10-17/h2-5,7,9-11,13H,6,8,12,14-16H2,1H3,(H,29,31). The SMILES string of the molecule is COC(=O)c1c(NC(=O)CCSc2nc3ccccc3c(=O)n2-c2ccccc2)sc2c1CCCC2. The van der Waals surface area contributed by atoms with E-state index in [1.54, 1.807) is 10.6 Å². The molecule has 1 N–H and O–H groups in total. The molecule has 2 aromatic carbocycles. The lowest BCUT2D eigenvalue weighted by Gasteiger charge is -2.13. The average molecular weight is 520 g/mol. The number of aryl methyl sites for hydroxylation is 1.